The van der Waals surface area contributed by atoms with Crippen LogP contribution in [0.15, 0.2) is 59.6 Å². The van der Waals surface area contributed by atoms with Crippen molar-refractivity contribution in [3.63, 3.8) is 0 Å². The molecule has 0 saturated heterocycles. The van der Waals surface area contributed by atoms with Gasteiger partial charge in [0.15, 0.2) is 0 Å². The number of hydrogen-bond donors (Lipinski definition) is 2. The lowest BCUT2D eigenvalue weighted by Crippen LogP contribution is -2.01. The molecule has 0 aliphatic carbocycles. The zero-order chi connectivity index (χ0) is 15.5. The molecule has 0 saturated carbocycles. The fourth-order valence-electron chi connectivity index (χ4n) is 2.22. The van der Waals surface area contributed by atoms with Crippen molar-refractivity contribution in [1.82, 2.24) is 9.97 Å². The van der Waals surface area contributed by atoms with Crippen molar-refractivity contribution in [3.05, 3.63) is 71.9 Å². The average Bonchev–Trinajstić information content (AvgIpc) is 3.04. The molecule has 2 N–H and O–H groups in total. The lowest BCUT2D eigenvalue weighted by molar-refractivity contribution is 0.211. The molecule has 3 aromatic rings. The van der Waals surface area contributed by atoms with E-state index in [2.05, 4.69) is 9.97 Å². The topological polar surface area (TPSA) is 48.9 Å². The predicted octanol–water partition coefficient (Wildman–Crippen LogP) is 4.02. The van der Waals surface area contributed by atoms with Gasteiger partial charge in [0.1, 0.15) is 17.7 Å². The van der Waals surface area contributed by atoms with Crippen LogP contribution in [0.5, 0.6) is 0 Å². The van der Waals surface area contributed by atoms with Crippen molar-refractivity contribution in [2.45, 2.75) is 11.0 Å². The third-order valence-corrected chi connectivity index (χ3v) is 4.17. The second-order valence-corrected chi connectivity index (χ2v) is 5.75. The van der Waals surface area contributed by atoms with E-state index >= 15 is 0 Å². The Kier molecular flexibility index (Phi) is 4.27. The van der Waals surface area contributed by atoms with Gasteiger partial charge in [-0.2, -0.15) is 0 Å². The fourth-order valence-corrected chi connectivity index (χ4v) is 2.63. The summed E-state index contributed by atoms with van der Waals surface area (Å²) in [5, 5.41) is 10.4. The molecule has 0 aliphatic heterocycles. The Bertz CT molecular complexity index is 770. The minimum absolute atomic E-state index is 0.304. The number of aliphatic hydroxyl groups is 1. The van der Waals surface area contributed by atoms with Crippen molar-refractivity contribution in [2.75, 3.05) is 6.26 Å². The standard InChI is InChI=1S/C17H15FN2OS/c1-22-14-7-5-11(6-8-14)16(21)17-19-10-15(20-17)12-3-2-4-13(18)9-12/h2-10,16,21H,1H3,(H,19,20). The summed E-state index contributed by atoms with van der Waals surface area (Å²) in [6, 6.07) is 13.9. The monoisotopic (exact) mass is 314 g/mol. The van der Waals surface area contributed by atoms with Gasteiger partial charge in [0.05, 0.1) is 11.9 Å². The third kappa shape index (κ3) is 3.05. The van der Waals surface area contributed by atoms with Crippen LogP contribution in [0.1, 0.15) is 17.5 Å². The Morgan fingerprint density at radius 2 is 1.95 bits per heavy atom. The van der Waals surface area contributed by atoms with Crippen molar-refractivity contribution >= 4 is 11.8 Å². The number of hydrogen-bond acceptors (Lipinski definition) is 3. The van der Waals surface area contributed by atoms with E-state index in [-0.39, 0.29) is 5.82 Å². The molecule has 0 amide bonds. The number of halogens is 1. The number of H-pyrrole nitrogens is 1. The Morgan fingerprint density at radius 3 is 2.64 bits per heavy atom. The van der Waals surface area contributed by atoms with Gasteiger partial charge in [0, 0.05) is 10.5 Å². The summed E-state index contributed by atoms with van der Waals surface area (Å²) < 4.78 is 13.3. The van der Waals surface area contributed by atoms with E-state index in [4.69, 9.17) is 0 Å². The Hall–Kier alpha value is -2.11. The zero-order valence-electron chi connectivity index (χ0n) is 12.0. The molecule has 0 fully saturated rings. The van der Waals surface area contributed by atoms with Crippen LogP contribution < -0.4 is 0 Å². The summed E-state index contributed by atoms with van der Waals surface area (Å²) in [5.74, 6) is 0.137. The number of benzene rings is 2. The van der Waals surface area contributed by atoms with E-state index in [9.17, 15) is 9.50 Å². The molecule has 3 rings (SSSR count). The van der Waals surface area contributed by atoms with Gasteiger partial charge in [-0.05, 0) is 36.1 Å². The number of imidazole rings is 1. The molecule has 0 bridgehead atoms. The molecule has 3 nitrogen and oxygen atoms in total. The van der Waals surface area contributed by atoms with Gasteiger partial charge < -0.3 is 10.1 Å². The van der Waals surface area contributed by atoms with Gasteiger partial charge in [0.25, 0.3) is 0 Å². The van der Waals surface area contributed by atoms with Crippen LogP contribution in [0.4, 0.5) is 4.39 Å². The molecule has 112 valence electrons. The molecule has 1 atom stereocenters. The van der Waals surface area contributed by atoms with Crippen LogP contribution in [0.3, 0.4) is 0 Å². The summed E-state index contributed by atoms with van der Waals surface area (Å²) >= 11 is 1.65. The van der Waals surface area contributed by atoms with Crippen molar-refractivity contribution in [3.8, 4) is 11.3 Å². The first-order valence-electron chi connectivity index (χ1n) is 6.80. The summed E-state index contributed by atoms with van der Waals surface area (Å²) in [4.78, 5) is 8.39. The lowest BCUT2D eigenvalue weighted by atomic mass is 10.1. The fraction of sp³-hybridized carbons (Fsp3) is 0.118. The average molecular weight is 314 g/mol. The third-order valence-electron chi connectivity index (χ3n) is 3.42. The Labute approximate surface area is 132 Å². The minimum atomic E-state index is -0.835. The summed E-state index contributed by atoms with van der Waals surface area (Å²) in [6.45, 7) is 0. The predicted molar refractivity (Wildman–Crippen MR) is 86.3 cm³/mol. The SMILES string of the molecule is CSc1ccc(C(O)c2ncc(-c3cccc(F)c3)[nH]2)cc1. The van der Waals surface area contributed by atoms with Crippen LogP contribution >= 0.6 is 11.8 Å². The molecule has 5 heteroatoms. The zero-order valence-corrected chi connectivity index (χ0v) is 12.8. The first kappa shape index (κ1) is 14.8. The number of rotatable bonds is 4. The van der Waals surface area contributed by atoms with E-state index in [1.165, 1.54) is 12.1 Å². The Morgan fingerprint density at radius 1 is 1.18 bits per heavy atom. The molecular weight excluding hydrogens is 299 g/mol. The molecule has 22 heavy (non-hydrogen) atoms. The molecular formula is C17H15FN2OS. The number of aromatic amines is 1. The highest BCUT2D eigenvalue weighted by Crippen LogP contribution is 2.25. The van der Waals surface area contributed by atoms with Gasteiger partial charge >= 0.3 is 0 Å². The first-order valence-corrected chi connectivity index (χ1v) is 8.02. The van der Waals surface area contributed by atoms with Crippen LogP contribution in [0.25, 0.3) is 11.3 Å². The number of aliphatic hydroxyl groups excluding tert-OH is 1. The van der Waals surface area contributed by atoms with Gasteiger partial charge in [-0.3, -0.25) is 0 Å². The minimum Gasteiger partial charge on any atom is -0.380 e. The van der Waals surface area contributed by atoms with Gasteiger partial charge in [0.2, 0.25) is 0 Å². The second-order valence-electron chi connectivity index (χ2n) is 4.87. The van der Waals surface area contributed by atoms with Gasteiger partial charge in [-0.25, -0.2) is 9.37 Å². The molecule has 1 unspecified atom stereocenters. The molecule has 1 aromatic heterocycles. The van der Waals surface area contributed by atoms with Crippen LogP contribution in [-0.4, -0.2) is 21.3 Å². The quantitative estimate of drug-likeness (QED) is 0.715. The van der Waals surface area contributed by atoms with Gasteiger partial charge in [-0.15, -0.1) is 11.8 Å². The molecule has 2 aromatic carbocycles. The summed E-state index contributed by atoms with van der Waals surface area (Å²) in [7, 11) is 0. The number of thioether (sulfide) groups is 1. The van der Waals surface area contributed by atoms with E-state index in [1.807, 2.05) is 30.5 Å². The maximum Gasteiger partial charge on any atom is 0.140 e. The maximum atomic E-state index is 13.3. The highest BCUT2D eigenvalue weighted by atomic mass is 32.2. The number of nitrogens with zero attached hydrogens (tertiary/aromatic N) is 1. The van der Waals surface area contributed by atoms with Crippen molar-refractivity contribution < 1.29 is 9.50 Å². The van der Waals surface area contributed by atoms with Crippen molar-refractivity contribution in [1.29, 1.82) is 0 Å². The summed E-state index contributed by atoms with van der Waals surface area (Å²) in [5.41, 5.74) is 2.14. The lowest BCUT2D eigenvalue weighted by Gasteiger charge is -2.08. The second kappa shape index (κ2) is 6.34. The van der Waals surface area contributed by atoms with E-state index in [0.29, 0.717) is 17.1 Å². The molecule has 0 radical (unpaired) electrons. The van der Waals surface area contributed by atoms with E-state index in [0.717, 1.165) is 10.5 Å². The maximum absolute atomic E-state index is 13.3. The van der Waals surface area contributed by atoms with Crippen LogP contribution in [-0.2, 0) is 0 Å². The smallest absolute Gasteiger partial charge is 0.140 e. The molecule has 1 heterocycles. The van der Waals surface area contributed by atoms with Crippen molar-refractivity contribution in [2.24, 2.45) is 0 Å². The molecule has 0 spiro atoms. The van der Waals surface area contributed by atoms with E-state index < -0.39 is 6.10 Å². The highest BCUT2D eigenvalue weighted by molar-refractivity contribution is 7.98. The number of aromatic nitrogens is 2. The Balaban J connectivity index is 1.86. The summed E-state index contributed by atoms with van der Waals surface area (Å²) in [6.07, 6.45) is 2.77. The van der Waals surface area contributed by atoms with Gasteiger partial charge in [-0.1, -0.05) is 24.3 Å². The highest BCUT2D eigenvalue weighted by Gasteiger charge is 2.14. The van der Waals surface area contributed by atoms with E-state index in [1.54, 1.807) is 30.1 Å². The number of nitrogens with one attached hydrogen (secondary N) is 1. The normalized spacial score (nSPS) is 12.3. The largest absolute Gasteiger partial charge is 0.380 e. The first-order chi connectivity index (χ1) is 10.7. The molecule has 0 aliphatic rings. The van der Waals surface area contributed by atoms with Crippen LogP contribution in [0, 0.1) is 5.82 Å². The van der Waals surface area contributed by atoms with Crippen LogP contribution in [0.2, 0.25) is 0 Å².